The standard InChI is InChI=1S/C19H18N2O2S/c1-14(18-6-3-11-24-18)19(22)21-16-4-2-5-17(12-16)23-13-15-7-9-20-10-8-15/h2-12,14H,13H2,1H3,(H,21,22)/t14-/m1/s1. The van der Waals surface area contributed by atoms with Gasteiger partial charge in [0.1, 0.15) is 12.4 Å². The van der Waals surface area contributed by atoms with E-state index in [2.05, 4.69) is 10.3 Å². The van der Waals surface area contributed by atoms with E-state index >= 15 is 0 Å². The van der Waals surface area contributed by atoms with E-state index in [1.54, 1.807) is 23.7 Å². The van der Waals surface area contributed by atoms with Gasteiger partial charge >= 0.3 is 0 Å². The topological polar surface area (TPSA) is 51.2 Å². The van der Waals surface area contributed by atoms with Crippen molar-refractivity contribution in [2.24, 2.45) is 0 Å². The van der Waals surface area contributed by atoms with Gasteiger partial charge in [-0.3, -0.25) is 9.78 Å². The van der Waals surface area contributed by atoms with Crippen molar-refractivity contribution >= 4 is 22.9 Å². The maximum atomic E-state index is 12.3. The number of carbonyl (C=O) groups excluding carboxylic acids is 1. The fourth-order valence-corrected chi connectivity index (χ4v) is 3.01. The summed E-state index contributed by atoms with van der Waals surface area (Å²) in [7, 11) is 0. The molecule has 0 saturated carbocycles. The van der Waals surface area contributed by atoms with E-state index in [0.29, 0.717) is 12.4 Å². The summed E-state index contributed by atoms with van der Waals surface area (Å²) in [6.45, 7) is 2.37. The molecule has 5 heteroatoms. The highest BCUT2D eigenvalue weighted by molar-refractivity contribution is 7.10. The number of carbonyl (C=O) groups is 1. The van der Waals surface area contributed by atoms with Gasteiger partial charge in [0.25, 0.3) is 0 Å². The molecule has 1 N–H and O–H groups in total. The number of aromatic nitrogens is 1. The Morgan fingerprint density at radius 1 is 1.21 bits per heavy atom. The normalized spacial score (nSPS) is 11.7. The Morgan fingerprint density at radius 2 is 2.04 bits per heavy atom. The molecule has 0 unspecified atom stereocenters. The first kappa shape index (κ1) is 16.2. The van der Waals surface area contributed by atoms with Gasteiger partial charge in [-0.25, -0.2) is 0 Å². The van der Waals surface area contributed by atoms with E-state index in [0.717, 1.165) is 16.1 Å². The smallest absolute Gasteiger partial charge is 0.232 e. The second-order valence-corrected chi connectivity index (χ2v) is 6.38. The van der Waals surface area contributed by atoms with Crippen molar-refractivity contribution in [2.45, 2.75) is 19.4 Å². The Bertz CT molecular complexity index is 788. The molecule has 1 aromatic carbocycles. The average Bonchev–Trinajstić information content (AvgIpc) is 3.15. The minimum Gasteiger partial charge on any atom is -0.489 e. The van der Waals surface area contributed by atoms with Gasteiger partial charge in [-0.1, -0.05) is 12.1 Å². The van der Waals surface area contributed by atoms with Crippen molar-refractivity contribution < 1.29 is 9.53 Å². The number of anilines is 1. The molecule has 0 saturated heterocycles. The summed E-state index contributed by atoms with van der Waals surface area (Å²) in [6.07, 6.45) is 3.47. The molecule has 2 heterocycles. The molecule has 24 heavy (non-hydrogen) atoms. The fraction of sp³-hybridized carbons (Fsp3) is 0.158. The molecule has 122 valence electrons. The molecule has 0 aliphatic rings. The van der Waals surface area contributed by atoms with Gasteiger partial charge < -0.3 is 10.1 Å². The predicted molar refractivity (Wildman–Crippen MR) is 96.4 cm³/mol. The van der Waals surface area contributed by atoms with E-state index < -0.39 is 0 Å². The largest absolute Gasteiger partial charge is 0.489 e. The molecule has 0 bridgehead atoms. The highest BCUT2D eigenvalue weighted by Gasteiger charge is 2.16. The van der Waals surface area contributed by atoms with Gasteiger partial charge in [-0.2, -0.15) is 0 Å². The molecule has 0 spiro atoms. The lowest BCUT2D eigenvalue weighted by molar-refractivity contribution is -0.117. The molecule has 1 atom stereocenters. The number of pyridine rings is 1. The van der Waals surface area contributed by atoms with Crippen molar-refractivity contribution in [1.29, 1.82) is 0 Å². The SMILES string of the molecule is C[C@@H](C(=O)Nc1cccc(OCc2ccncc2)c1)c1cccs1. The lowest BCUT2D eigenvalue weighted by atomic mass is 10.1. The fourth-order valence-electron chi connectivity index (χ4n) is 2.23. The number of amides is 1. The monoisotopic (exact) mass is 338 g/mol. The highest BCUT2D eigenvalue weighted by Crippen LogP contribution is 2.24. The van der Waals surface area contributed by atoms with Crippen LogP contribution in [0, 0.1) is 0 Å². The van der Waals surface area contributed by atoms with Crippen molar-refractivity contribution in [3.8, 4) is 5.75 Å². The van der Waals surface area contributed by atoms with Crippen LogP contribution in [0.5, 0.6) is 5.75 Å². The zero-order chi connectivity index (χ0) is 16.8. The van der Waals surface area contributed by atoms with Gasteiger partial charge in [-0.15, -0.1) is 11.3 Å². The molecule has 0 fully saturated rings. The minimum absolute atomic E-state index is 0.0243. The minimum atomic E-state index is -0.175. The quantitative estimate of drug-likeness (QED) is 0.722. The first-order valence-electron chi connectivity index (χ1n) is 7.68. The summed E-state index contributed by atoms with van der Waals surface area (Å²) in [5.74, 6) is 0.517. The second kappa shape index (κ2) is 7.75. The lowest BCUT2D eigenvalue weighted by Gasteiger charge is -2.12. The van der Waals surface area contributed by atoms with Gasteiger partial charge in [-0.05, 0) is 48.2 Å². The third-order valence-electron chi connectivity index (χ3n) is 3.62. The number of hydrogen-bond donors (Lipinski definition) is 1. The van der Waals surface area contributed by atoms with Crippen molar-refractivity contribution in [1.82, 2.24) is 4.98 Å². The number of nitrogens with zero attached hydrogens (tertiary/aromatic N) is 1. The average molecular weight is 338 g/mol. The maximum Gasteiger partial charge on any atom is 0.232 e. The van der Waals surface area contributed by atoms with E-state index in [4.69, 9.17) is 4.74 Å². The van der Waals surface area contributed by atoms with Crippen LogP contribution >= 0.6 is 11.3 Å². The van der Waals surface area contributed by atoms with E-state index in [-0.39, 0.29) is 11.8 Å². The Balaban J connectivity index is 1.61. The molecule has 0 aliphatic heterocycles. The third kappa shape index (κ3) is 4.20. The summed E-state index contributed by atoms with van der Waals surface area (Å²) in [5, 5.41) is 4.93. The summed E-state index contributed by atoms with van der Waals surface area (Å²) >= 11 is 1.59. The number of nitrogens with one attached hydrogen (secondary N) is 1. The van der Waals surface area contributed by atoms with Crippen LogP contribution < -0.4 is 10.1 Å². The Morgan fingerprint density at radius 3 is 2.79 bits per heavy atom. The zero-order valence-electron chi connectivity index (χ0n) is 13.3. The Hall–Kier alpha value is -2.66. The van der Waals surface area contributed by atoms with Crippen LogP contribution in [-0.4, -0.2) is 10.9 Å². The zero-order valence-corrected chi connectivity index (χ0v) is 14.1. The number of hydrogen-bond acceptors (Lipinski definition) is 4. The Kier molecular flexibility index (Phi) is 5.23. The maximum absolute atomic E-state index is 12.3. The Labute approximate surface area is 145 Å². The first-order valence-corrected chi connectivity index (χ1v) is 8.56. The van der Waals surface area contributed by atoms with E-state index in [1.165, 1.54) is 0 Å². The van der Waals surface area contributed by atoms with Crippen LogP contribution in [-0.2, 0) is 11.4 Å². The van der Waals surface area contributed by atoms with Crippen molar-refractivity contribution in [3.05, 3.63) is 76.7 Å². The van der Waals surface area contributed by atoms with Crippen LogP contribution in [0.1, 0.15) is 23.3 Å². The molecule has 4 nitrogen and oxygen atoms in total. The van der Waals surface area contributed by atoms with E-state index in [1.807, 2.05) is 60.8 Å². The van der Waals surface area contributed by atoms with Crippen molar-refractivity contribution in [3.63, 3.8) is 0 Å². The summed E-state index contributed by atoms with van der Waals surface area (Å²) in [5.41, 5.74) is 1.78. The number of ether oxygens (including phenoxy) is 1. The molecule has 2 aromatic heterocycles. The molecular formula is C19H18N2O2S. The summed E-state index contributed by atoms with van der Waals surface area (Å²) in [6, 6.07) is 15.2. The number of thiophene rings is 1. The number of rotatable bonds is 6. The first-order chi connectivity index (χ1) is 11.7. The summed E-state index contributed by atoms with van der Waals surface area (Å²) in [4.78, 5) is 17.4. The van der Waals surface area contributed by atoms with Crippen LogP contribution in [0.25, 0.3) is 0 Å². The second-order valence-electron chi connectivity index (χ2n) is 5.40. The van der Waals surface area contributed by atoms with Crippen LogP contribution in [0.3, 0.4) is 0 Å². The van der Waals surface area contributed by atoms with Crippen LogP contribution in [0.2, 0.25) is 0 Å². The third-order valence-corrected chi connectivity index (χ3v) is 4.67. The van der Waals surface area contributed by atoms with Gasteiger partial charge in [0.15, 0.2) is 0 Å². The molecule has 3 aromatic rings. The molecular weight excluding hydrogens is 320 g/mol. The highest BCUT2D eigenvalue weighted by atomic mass is 32.1. The lowest BCUT2D eigenvalue weighted by Crippen LogP contribution is -2.18. The molecule has 3 rings (SSSR count). The van der Waals surface area contributed by atoms with Gasteiger partial charge in [0.05, 0.1) is 5.92 Å². The summed E-state index contributed by atoms with van der Waals surface area (Å²) < 4.78 is 5.77. The predicted octanol–water partition coefficient (Wildman–Crippen LogP) is 4.46. The van der Waals surface area contributed by atoms with E-state index in [9.17, 15) is 4.79 Å². The van der Waals surface area contributed by atoms with Crippen LogP contribution in [0.4, 0.5) is 5.69 Å². The van der Waals surface area contributed by atoms with Crippen molar-refractivity contribution in [2.75, 3.05) is 5.32 Å². The molecule has 0 radical (unpaired) electrons. The van der Waals surface area contributed by atoms with Gasteiger partial charge in [0.2, 0.25) is 5.91 Å². The van der Waals surface area contributed by atoms with Crippen LogP contribution in [0.15, 0.2) is 66.3 Å². The molecule has 1 amide bonds. The van der Waals surface area contributed by atoms with Gasteiger partial charge in [0, 0.05) is 29.0 Å². The molecule has 0 aliphatic carbocycles. The number of benzene rings is 1.